The summed E-state index contributed by atoms with van der Waals surface area (Å²) in [6, 6.07) is 11.9. The van der Waals surface area contributed by atoms with Gasteiger partial charge >= 0.3 is 5.91 Å². The molecule has 1 amide bonds. The highest BCUT2D eigenvalue weighted by Gasteiger charge is 2.43. The average molecular weight is 463 g/mol. The molecule has 5 rings (SSSR count). The zero-order chi connectivity index (χ0) is 23.0. The molecule has 0 radical (unpaired) electrons. The van der Waals surface area contributed by atoms with Crippen LogP contribution >= 0.6 is 0 Å². The molecule has 3 aliphatic rings. The van der Waals surface area contributed by atoms with E-state index in [4.69, 9.17) is 4.84 Å². The van der Waals surface area contributed by atoms with Crippen LogP contribution in [0.15, 0.2) is 102 Å². The lowest BCUT2D eigenvalue weighted by molar-refractivity contribution is -0.0122. The van der Waals surface area contributed by atoms with E-state index in [1.54, 1.807) is 42.6 Å². The fourth-order valence-corrected chi connectivity index (χ4v) is 5.89. The molecule has 0 bridgehead atoms. The van der Waals surface area contributed by atoms with Crippen molar-refractivity contribution in [3.8, 4) is 0 Å². The summed E-state index contributed by atoms with van der Waals surface area (Å²) in [5.41, 5.74) is 1.05. The Labute approximate surface area is 192 Å². The SMILES string of the molecule is O=C1c2ccccc2S(=O)(=O)N1OC1=CCC(C(c2ccccn2)C2C=CC(O)=CC2)C=C1. The van der Waals surface area contributed by atoms with E-state index >= 15 is 0 Å². The van der Waals surface area contributed by atoms with Gasteiger partial charge in [-0.05, 0) is 73.2 Å². The van der Waals surface area contributed by atoms with E-state index in [2.05, 4.69) is 4.98 Å². The van der Waals surface area contributed by atoms with Crippen molar-refractivity contribution in [2.24, 2.45) is 11.8 Å². The predicted octanol–water partition coefficient (Wildman–Crippen LogP) is 4.42. The molecule has 1 aliphatic heterocycles. The summed E-state index contributed by atoms with van der Waals surface area (Å²) in [4.78, 5) is 22.7. The first-order valence-corrected chi connectivity index (χ1v) is 12.1. The molecule has 8 heteroatoms. The van der Waals surface area contributed by atoms with Crippen molar-refractivity contribution in [2.75, 3.05) is 0 Å². The van der Waals surface area contributed by atoms with Gasteiger partial charge in [0.25, 0.3) is 10.0 Å². The van der Waals surface area contributed by atoms with Gasteiger partial charge in [-0.2, -0.15) is 8.42 Å². The minimum atomic E-state index is -4.05. The van der Waals surface area contributed by atoms with Crippen molar-refractivity contribution in [1.82, 2.24) is 9.45 Å². The predicted molar refractivity (Wildman–Crippen MR) is 121 cm³/mol. The number of hydroxylamine groups is 1. The lowest BCUT2D eigenvalue weighted by atomic mass is 9.74. The van der Waals surface area contributed by atoms with Gasteiger partial charge in [0.2, 0.25) is 0 Å². The molecule has 2 heterocycles. The molecule has 1 aromatic carbocycles. The summed E-state index contributed by atoms with van der Waals surface area (Å²) < 4.78 is 26.0. The molecule has 2 aromatic rings. The second kappa shape index (κ2) is 8.37. The van der Waals surface area contributed by atoms with Gasteiger partial charge in [0, 0.05) is 17.8 Å². The van der Waals surface area contributed by atoms with Crippen molar-refractivity contribution < 1.29 is 23.2 Å². The summed E-state index contributed by atoms with van der Waals surface area (Å²) in [6.45, 7) is 0. The van der Waals surface area contributed by atoms with E-state index in [-0.39, 0.29) is 34.0 Å². The van der Waals surface area contributed by atoms with Crippen LogP contribution in [-0.4, -0.2) is 28.9 Å². The largest absolute Gasteiger partial charge is 0.508 e. The number of aliphatic hydroxyl groups excluding tert-OH is 1. The third-order valence-corrected chi connectivity index (χ3v) is 7.72. The van der Waals surface area contributed by atoms with Crippen molar-refractivity contribution >= 4 is 15.9 Å². The van der Waals surface area contributed by atoms with E-state index in [1.165, 1.54) is 12.1 Å². The van der Waals surface area contributed by atoms with E-state index in [0.717, 1.165) is 5.69 Å². The maximum Gasteiger partial charge on any atom is 0.304 e. The molecule has 1 aromatic heterocycles. The van der Waals surface area contributed by atoms with Crippen LogP contribution < -0.4 is 0 Å². The molecule has 7 nitrogen and oxygen atoms in total. The van der Waals surface area contributed by atoms with Gasteiger partial charge in [-0.15, -0.1) is 0 Å². The summed E-state index contributed by atoms with van der Waals surface area (Å²) in [5, 5.41) is 9.73. The molecule has 3 unspecified atom stereocenters. The van der Waals surface area contributed by atoms with Crippen LogP contribution in [0.2, 0.25) is 0 Å². The monoisotopic (exact) mass is 462 g/mol. The molecule has 0 spiro atoms. The van der Waals surface area contributed by atoms with Crippen LogP contribution in [0, 0.1) is 11.8 Å². The summed E-state index contributed by atoms with van der Waals surface area (Å²) in [5.74, 6) is 0.148. The molecular formula is C25H22N2O5S. The minimum Gasteiger partial charge on any atom is -0.508 e. The zero-order valence-corrected chi connectivity index (χ0v) is 18.4. The lowest BCUT2D eigenvalue weighted by Gasteiger charge is -2.32. The van der Waals surface area contributed by atoms with Gasteiger partial charge < -0.3 is 9.94 Å². The summed E-state index contributed by atoms with van der Waals surface area (Å²) >= 11 is 0. The standard InChI is InChI=1S/C25H22N2O5S/c28-19-12-8-17(9-13-19)24(22-6-3-4-16-26-22)18-10-14-20(15-11-18)32-27-25(29)21-5-1-2-7-23(21)33(27,30)31/h1-8,10,12-18,24,28H,9,11H2. The van der Waals surface area contributed by atoms with Crippen molar-refractivity contribution in [1.29, 1.82) is 0 Å². The second-order valence-corrected chi connectivity index (χ2v) is 9.88. The van der Waals surface area contributed by atoms with Gasteiger partial charge in [0.15, 0.2) is 5.76 Å². The number of aromatic nitrogens is 1. The number of pyridine rings is 1. The van der Waals surface area contributed by atoms with Crippen molar-refractivity contribution in [3.63, 3.8) is 0 Å². The Hall–Kier alpha value is -3.65. The van der Waals surface area contributed by atoms with Crippen LogP contribution in [0.25, 0.3) is 0 Å². The molecule has 33 heavy (non-hydrogen) atoms. The van der Waals surface area contributed by atoms with Gasteiger partial charge in [0.1, 0.15) is 10.7 Å². The molecule has 0 saturated heterocycles. The number of sulfonamides is 1. The number of benzene rings is 1. The first-order chi connectivity index (χ1) is 15.9. The number of allylic oxidation sites excluding steroid dienone is 6. The fourth-order valence-electron chi connectivity index (χ4n) is 4.52. The zero-order valence-electron chi connectivity index (χ0n) is 17.6. The van der Waals surface area contributed by atoms with E-state index in [1.807, 2.05) is 30.4 Å². The Kier molecular flexibility index (Phi) is 5.38. The topological polar surface area (TPSA) is 96.8 Å². The molecule has 3 atom stereocenters. The highest BCUT2D eigenvalue weighted by molar-refractivity contribution is 7.90. The van der Waals surface area contributed by atoms with Crippen LogP contribution in [0.3, 0.4) is 0 Å². The number of amides is 1. The second-order valence-electron chi connectivity index (χ2n) is 8.16. The summed E-state index contributed by atoms with van der Waals surface area (Å²) in [6.07, 6.45) is 14.0. The van der Waals surface area contributed by atoms with E-state index in [9.17, 15) is 18.3 Å². The Morgan fingerprint density at radius 2 is 1.73 bits per heavy atom. The van der Waals surface area contributed by atoms with Gasteiger partial charge in [0.05, 0.1) is 5.56 Å². The highest BCUT2D eigenvalue weighted by atomic mass is 32.2. The number of hydrogen-bond donors (Lipinski definition) is 1. The Morgan fingerprint density at radius 3 is 2.36 bits per heavy atom. The summed E-state index contributed by atoms with van der Waals surface area (Å²) in [7, 11) is -4.05. The van der Waals surface area contributed by atoms with E-state index < -0.39 is 15.9 Å². The molecule has 1 N–H and O–H groups in total. The average Bonchev–Trinajstić information content (AvgIpc) is 3.03. The minimum absolute atomic E-state index is 0.0520. The Morgan fingerprint density at radius 1 is 1.00 bits per heavy atom. The number of hydrogen-bond acceptors (Lipinski definition) is 6. The van der Waals surface area contributed by atoms with Crippen molar-refractivity contribution in [2.45, 2.75) is 23.7 Å². The maximum atomic E-state index is 12.7. The number of fused-ring (bicyclic) bond motifs is 1. The fraction of sp³-hybridized carbons (Fsp3) is 0.200. The van der Waals surface area contributed by atoms with Crippen LogP contribution in [-0.2, 0) is 14.9 Å². The number of rotatable bonds is 5. The van der Waals surface area contributed by atoms with Gasteiger partial charge in [-0.3, -0.25) is 9.78 Å². The quantitative estimate of drug-likeness (QED) is 0.707. The van der Waals surface area contributed by atoms with Crippen molar-refractivity contribution in [3.05, 3.63) is 108 Å². The van der Waals surface area contributed by atoms with Crippen LogP contribution in [0.1, 0.15) is 34.8 Å². The first-order valence-electron chi connectivity index (χ1n) is 10.7. The molecule has 0 saturated carbocycles. The number of nitrogens with zero attached hydrogens (tertiary/aromatic N) is 2. The lowest BCUT2D eigenvalue weighted by Crippen LogP contribution is -2.30. The highest BCUT2D eigenvalue weighted by Crippen LogP contribution is 2.41. The van der Waals surface area contributed by atoms with Crippen LogP contribution in [0.4, 0.5) is 0 Å². The normalized spacial score (nSPS) is 24.1. The van der Waals surface area contributed by atoms with Crippen LogP contribution in [0.5, 0.6) is 0 Å². The smallest absolute Gasteiger partial charge is 0.304 e. The van der Waals surface area contributed by atoms with E-state index in [0.29, 0.717) is 23.1 Å². The number of carbonyl (C=O) groups excluding carboxylic acids is 1. The molecule has 0 fully saturated rings. The van der Waals surface area contributed by atoms with Gasteiger partial charge in [-0.25, -0.2) is 0 Å². The van der Waals surface area contributed by atoms with Gasteiger partial charge in [-0.1, -0.05) is 34.8 Å². The third-order valence-electron chi connectivity index (χ3n) is 6.13. The first kappa shape index (κ1) is 21.2. The Bertz CT molecular complexity index is 1310. The maximum absolute atomic E-state index is 12.7. The third kappa shape index (κ3) is 3.87. The molecule has 2 aliphatic carbocycles. The number of carbonyl (C=O) groups is 1. The molecule has 168 valence electrons. The molecular weight excluding hydrogens is 440 g/mol. The Balaban J connectivity index is 1.36. The number of aliphatic hydroxyl groups is 1.